The van der Waals surface area contributed by atoms with E-state index >= 15 is 0 Å². The Morgan fingerprint density at radius 1 is 1.00 bits per heavy atom. The summed E-state index contributed by atoms with van der Waals surface area (Å²) in [5, 5.41) is 2.67. The lowest BCUT2D eigenvalue weighted by atomic mass is 10.1. The molecule has 1 fully saturated rings. The maximum absolute atomic E-state index is 12.3. The van der Waals surface area contributed by atoms with Crippen LogP contribution in [0.15, 0.2) is 0 Å². The summed E-state index contributed by atoms with van der Waals surface area (Å²) in [7, 11) is 1.25. The first-order valence-electron chi connectivity index (χ1n) is 7.89. The van der Waals surface area contributed by atoms with E-state index in [2.05, 4.69) is 5.32 Å². The summed E-state index contributed by atoms with van der Waals surface area (Å²) in [5.41, 5.74) is -1.32. The Hall–Kier alpha value is -1.99. The lowest BCUT2D eigenvalue weighted by Gasteiger charge is -2.27. The Bertz CT molecular complexity index is 492. The monoisotopic (exact) mass is 344 g/mol. The molecule has 0 aromatic rings. The summed E-state index contributed by atoms with van der Waals surface area (Å²) in [5.74, 6) is -0.547. The number of nitrogens with one attached hydrogen (secondary N) is 1. The normalized spacial score (nSPS) is 21.2. The van der Waals surface area contributed by atoms with Gasteiger partial charge in [-0.15, -0.1) is 0 Å². The summed E-state index contributed by atoms with van der Waals surface area (Å²) < 4.78 is 15.3. The molecule has 2 amide bonds. The van der Waals surface area contributed by atoms with Crippen LogP contribution in [0.2, 0.25) is 0 Å². The standard InChI is InChI=1S/C16H28N2O6/c1-15(2,3)23-13(20)17-10-8-11(12(19)22-7)18(9-10)14(21)24-16(4,5)6/h10-11H,8-9H2,1-7H3,(H,17,20)/t10-,11?/m1/s1. The zero-order valence-corrected chi connectivity index (χ0v) is 15.5. The van der Waals surface area contributed by atoms with E-state index in [1.807, 2.05) is 0 Å². The third kappa shape index (κ3) is 6.25. The van der Waals surface area contributed by atoms with Crippen molar-refractivity contribution in [3.05, 3.63) is 0 Å². The van der Waals surface area contributed by atoms with Crippen LogP contribution in [0.5, 0.6) is 0 Å². The molecule has 138 valence electrons. The number of hydrogen-bond donors (Lipinski definition) is 1. The van der Waals surface area contributed by atoms with Crippen molar-refractivity contribution in [3.8, 4) is 0 Å². The predicted molar refractivity (Wildman–Crippen MR) is 86.5 cm³/mol. The molecule has 0 saturated carbocycles. The molecule has 1 heterocycles. The molecule has 8 nitrogen and oxygen atoms in total. The predicted octanol–water partition coefficient (Wildman–Crippen LogP) is 2.06. The molecular formula is C16H28N2O6. The van der Waals surface area contributed by atoms with Gasteiger partial charge in [0.25, 0.3) is 0 Å². The summed E-state index contributed by atoms with van der Waals surface area (Å²) in [6.07, 6.45) is -0.973. The minimum Gasteiger partial charge on any atom is -0.467 e. The van der Waals surface area contributed by atoms with Gasteiger partial charge in [-0.1, -0.05) is 0 Å². The fraction of sp³-hybridized carbons (Fsp3) is 0.812. The third-order valence-corrected chi connectivity index (χ3v) is 3.12. The van der Waals surface area contributed by atoms with Crippen molar-refractivity contribution >= 4 is 18.2 Å². The third-order valence-electron chi connectivity index (χ3n) is 3.12. The first-order chi connectivity index (χ1) is 10.8. The van der Waals surface area contributed by atoms with Crippen molar-refractivity contribution in [2.45, 2.75) is 71.2 Å². The van der Waals surface area contributed by atoms with E-state index < -0.39 is 41.4 Å². The van der Waals surface area contributed by atoms with Gasteiger partial charge < -0.3 is 19.5 Å². The lowest BCUT2D eigenvalue weighted by molar-refractivity contribution is -0.145. The fourth-order valence-electron chi connectivity index (χ4n) is 2.30. The van der Waals surface area contributed by atoms with Crippen LogP contribution in [0, 0.1) is 0 Å². The zero-order valence-electron chi connectivity index (χ0n) is 15.5. The zero-order chi connectivity index (χ0) is 18.7. The molecule has 24 heavy (non-hydrogen) atoms. The van der Waals surface area contributed by atoms with Crippen LogP contribution in [0.25, 0.3) is 0 Å². The van der Waals surface area contributed by atoms with Crippen molar-refractivity contribution in [2.75, 3.05) is 13.7 Å². The average molecular weight is 344 g/mol. The largest absolute Gasteiger partial charge is 0.467 e. The van der Waals surface area contributed by atoms with E-state index in [0.717, 1.165) is 0 Å². The number of hydrogen-bond acceptors (Lipinski definition) is 6. The maximum atomic E-state index is 12.3. The van der Waals surface area contributed by atoms with Crippen LogP contribution in [0.3, 0.4) is 0 Å². The molecule has 1 N–H and O–H groups in total. The van der Waals surface area contributed by atoms with Crippen LogP contribution in [-0.4, -0.2) is 60.0 Å². The number of likely N-dealkylation sites (tertiary alicyclic amines) is 1. The highest BCUT2D eigenvalue weighted by Crippen LogP contribution is 2.22. The molecule has 0 aromatic carbocycles. The highest BCUT2D eigenvalue weighted by Gasteiger charge is 2.43. The van der Waals surface area contributed by atoms with E-state index in [-0.39, 0.29) is 13.0 Å². The van der Waals surface area contributed by atoms with Crippen molar-refractivity contribution in [1.29, 1.82) is 0 Å². The van der Waals surface area contributed by atoms with Gasteiger partial charge in [0.15, 0.2) is 0 Å². The Labute approximate surface area is 142 Å². The molecule has 2 atom stereocenters. The minimum absolute atomic E-state index is 0.147. The smallest absolute Gasteiger partial charge is 0.411 e. The molecule has 1 saturated heterocycles. The number of nitrogens with zero attached hydrogens (tertiary/aromatic N) is 1. The van der Waals surface area contributed by atoms with Crippen LogP contribution < -0.4 is 5.32 Å². The molecule has 1 rings (SSSR count). The number of rotatable bonds is 2. The summed E-state index contributed by atoms with van der Waals surface area (Å²) in [6.45, 7) is 10.6. The SMILES string of the molecule is COC(=O)C1C[C@@H](NC(=O)OC(C)(C)C)CN1C(=O)OC(C)(C)C. The second kappa shape index (κ2) is 7.27. The Morgan fingerprint density at radius 3 is 2.00 bits per heavy atom. The van der Waals surface area contributed by atoms with Gasteiger partial charge in [0.1, 0.15) is 17.2 Å². The van der Waals surface area contributed by atoms with Crippen molar-refractivity contribution in [1.82, 2.24) is 10.2 Å². The highest BCUT2D eigenvalue weighted by molar-refractivity contribution is 5.82. The number of methoxy groups -OCH3 is 1. The second-order valence-corrected chi connectivity index (χ2v) is 7.75. The quantitative estimate of drug-likeness (QED) is 0.609. The number of amides is 2. The first-order valence-corrected chi connectivity index (χ1v) is 7.89. The Morgan fingerprint density at radius 2 is 1.54 bits per heavy atom. The summed E-state index contributed by atoms with van der Waals surface area (Å²) in [4.78, 5) is 37.4. The minimum atomic E-state index is -0.801. The van der Waals surface area contributed by atoms with Gasteiger partial charge in [-0.05, 0) is 41.5 Å². The second-order valence-electron chi connectivity index (χ2n) is 7.75. The number of carbonyl (C=O) groups excluding carboxylic acids is 3. The van der Waals surface area contributed by atoms with Gasteiger partial charge in [0.2, 0.25) is 0 Å². The van der Waals surface area contributed by atoms with Crippen molar-refractivity contribution in [2.24, 2.45) is 0 Å². The molecule has 1 unspecified atom stereocenters. The summed E-state index contributed by atoms with van der Waals surface area (Å²) in [6, 6.07) is -1.22. The maximum Gasteiger partial charge on any atom is 0.411 e. The summed E-state index contributed by atoms with van der Waals surface area (Å²) >= 11 is 0. The Balaban J connectivity index is 2.78. The number of carbonyl (C=O) groups is 3. The highest BCUT2D eigenvalue weighted by atomic mass is 16.6. The topological polar surface area (TPSA) is 94.2 Å². The lowest BCUT2D eigenvalue weighted by Crippen LogP contribution is -2.44. The van der Waals surface area contributed by atoms with Gasteiger partial charge in [-0.25, -0.2) is 14.4 Å². The van der Waals surface area contributed by atoms with Crippen LogP contribution in [0.4, 0.5) is 9.59 Å². The van der Waals surface area contributed by atoms with E-state index in [9.17, 15) is 14.4 Å². The average Bonchev–Trinajstić information content (AvgIpc) is 2.77. The molecule has 1 aliphatic heterocycles. The van der Waals surface area contributed by atoms with E-state index in [0.29, 0.717) is 0 Å². The molecule has 0 aromatic heterocycles. The van der Waals surface area contributed by atoms with Crippen LogP contribution >= 0.6 is 0 Å². The molecular weight excluding hydrogens is 316 g/mol. The molecule has 0 spiro atoms. The molecule has 0 radical (unpaired) electrons. The fourth-order valence-corrected chi connectivity index (χ4v) is 2.30. The molecule has 0 bridgehead atoms. The molecule has 8 heteroatoms. The van der Waals surface area contributed by atoms with Gasteiger partial charge in [-0.2, -0.15) is 0 Å². The van der Waals surface area contributed by atoms with E-state index in [1.54, 1.807) is 41.5 Å². The number of ether oxygens (including phenoxy) is 3. The van der Waals surface area contributed by atoms with Crippen LogP contribution in [-0.2, 0) is 19.0 Å². The number of esters is 1. The van der Waals surface area contributed by atoms with Crippen molar-refractivity contribution in [3.63, 3.8) is 0 Å². The molecule has 0 aliphatic carbocycles. The van der Waals surface area contributed by atoms with Crippen LogP contribution in [0.1, 0.15) is 48.0 Å². The van der Waals surface area contributed by atoms with Gasteiger partial charge in [-0.3, -0.25) is 4.90 Å². The molecule has 1 aliphatic rings. The number of alkyl carbamates (subject to hydrolysis) is 1. The van der Waals surface area contributed by atoms with E-state index in [4.69, 9.17) is 14.2 Å². The van der Waals surface area contributed by atoms with E-state index in [1.165, 1.54) is 12.0 Å². The van der Waals surface area contributed by atoms with Crippen molar-refractivity contribution < 1.29 is 28.6 Å². The van der Waals surface area contributed by atoms with Gasteiger partial charge in [0.05, 0.1) is 13.2 Å². The first kappa shape index (κ1) is 20.1. The Kier molecular flexibility index (Phi) is 6.08. The van der Waals surface area contributed by atoms with Gasteiger partial charge >= 0.3 is 18.2 Å². The van der Waals surface area contributed by atoms with Gasteiger partial charge in [0, 0.05) is 13.0 Å².